The molecule has 0 saturated carbocycles. The third-order valence-corrected chi connectivity index (χ3v) is 18.3. The van der Waals surface area contributed by atoms with Gasteiger partial charge >= 0.3 is 39.5 Å². The van der Waals surface area contributed by atoms with Gasteiger partial charge in [0.1, 0.15) is 19.3 Å². The molecule has 0 aliphatic heterocycles. The van der Waals surface area contributed by atoms with E-state index in [-0.39, 0.29) is 25.7 Å². The van der Waals surface area contributed by atoms with Crippen LogP contribution in [0.5, 0.6) is 0 Å². The van der Waals surface area contributed by atoms with E-state index in [0.717, 1.165) is 128 Å². The molecular weight excluding hydrogens is 1330 g/mol. The van der Waals surface area contributed by atoms with Gasteiger partial charge in [0.15, 0.2) is 12.2 Å². The van der Waals surface area contributed by atoms with Gasteiger partial charge in [-0.3, -0.25) is 37.3 Å². The summed E-state index contributed by atoms with van der Waals surface area (Å²) in [6.07, 6.45) is 82.0. The predicted octanol–water partition coefficient (Wildman–Crippen LogP) is 23.1. The second-order valence-electron chi connectivity index (χ2n) is 26.3. The maximum absolute atomic E-state index is 13.1. The summed E-state index contributed by atoms with van der Waals surface area (Å²) in [4.78, 5) is 72.9. The van der Waals surface area contributed by atoms with Gasteiger partial charge < -0.3 is 33.8 Å². The fourth-order valence-corrected chi connectivity index (χ4v) is 11.8. The van der Waals surface area contributed by atoms with Crippen LogP contribution in [0.4, 0.5) is 0 Å². The normalized spacial score (nSPS) is 14.5. The molecule has 0 aliphatic carbocycles. The summed E-state index contributed by atoms with van der Waals surface area (Å²) >= 11 is 0. The van der Waals surface area contributed by atoms with Crippen LogP contribution in [-0.2, 0) is 65.4 Å². The zero-order chi connectivity index (χ0) is 74.6. The summed E-state index contributed by atoms with van der Waals surface area (Å²) in [5.74, 6) is -2.32. The van der Waals surface area contributed by atoms with Crippen molar-refractivity contribution in [3.8, 4) is 0 Å². The highest BCUT2D eigenvalue weighted by Gasteiger charge is 2.30. The molecule has 0 bridgehead atoms. The molecule has 0 aromatic carbocycles. The molecule has 586 valence electrons. The molecule has 0 rings (SSSR count). The molecule has 0 aromatic rings. The number of hydrogen-bond acceptors (Lipinski definition) is 15. The highest BCUT2D eigenvalue weighted by Crippen LogP contribution is 2.45. The van der Waals surface area contributed by atoms with E-state index in [9.17, 15) is 43.2 Å². The monoisotopic (exact) mass is 1470 g/mol. The Labute approximate surface area is 619 Å². The average Bonchev–Trinajstić information content (AvgIpc) is 0.959. The first-order valence-electron chi connectivity index (χ1n) is 39.8. The van der Waals surface area contributed by atoms with Crippen LogP contribution >= 0.6 is 15.6 Å². The van der Waals surface area contributed by atoms with E-state index in [2.05, 4.69) is 125 Å². The molecule has 5 atom stereocenters. The van der Waals surface area contributed by atoms with E-state index in [0.29, 0.717) is 38.5 Å². The number of phosphoric acid groups is 2. The molecule has 0 fully saturated rings. The van der Waals surface area contributed by atoms with Crippen molar-refractivity contribution < 1.29 is 80.2 Å². The third-order valence-electron chi connectivity index (χ3n) is 16.4. The van der Waals surface area contributed by atoms with E-state index in [1.807, 2.05) is 24.3 Å². The smallest absolute Gasteiger partial charge is 0.462 e. The standard InChI is InChI=1S/C83H142O17P2/c1-5-9-13-17-21-25-29-33-36-38-41-45-48-52-56-60-64-68-81(86)94-74-79(100-83(88)70-66-62-58-54-50-46-42-39-37-34-30-26-22-18-14-10-6-2)76-98-102(91,92)96-72-77(84)71-95-101(89,90)97-75-78(99-82(87)69-65-61-57-53-49-43-32-28-24-20-16-12-8-4)73-93-80(85)67-63-59-55-51-47-44-40-35-31-27-23-19-15-11-7-3/h21,23,25,27-28,32-37,40-42,45-46,52,54,56,58,77-79,84H,5-20,22,24,26,29-31,38-39,43-44,47-51,53,55,57,59-76H2,1-4H3,(H,89,90)(H,91,92)/t77?,78-,79-/m1/s1. The lowest BCUT2D eigenvalue weighted by Crippen LogP contribution is -2.30. The quantitative estimate of drug-likeness (QED) is 0.0169. The lowest BCUT2D eigenvalue weighted by Gasteiger charge is -2.21. The zero-order valence-electron chi connectivity index (χ0n) is 64.0. The highest BCUT2D eigenvalue weighted by atomic mass is 31.2. The SMILES string of the molecule is CCCCCC=CCC=CCC=CCC=CCCCC(=O)OC[C@H](COP(=O)(O)OCC(O)COP(=O)(O)OC[C@@H](COC(=O)CCCCCCCC=CCC=CCCCCC)OC(=O)CCCCCCCC=CCCCCCC)OC(=O)CCCC=CCC=CCC=CCCCCCCCC. The number of rotatable bonds is 74. The molecule has 17 nitrogen and oxygen atoms in total. The fourth-order valence-electron chi connectivity index (χ4n) is 10.3. The van der Waals surface area contributed by atoms with Crippen molar-refractivity contribution in [3.63, 3.8) is 0 Å². The van der Waals surface area contributed by atoms with E-state index < -0.39 is 97.5 Å². The minimum Gasteiger partial charge on any atom is -0.462 e. The molecular formula is C83H142O17P2. The Morgan fingerprint density at radius 2 is 0.490 bits per heavy atom. The average molecular weight is 1470 g/mol. The van der Waals surface area contributed by atoms with Crippen LogP contribution in [0, 0.1) is 0 Å². The van der Waals surface area contributed by atoms with Crippen LogP contribution in [0.1, 0.15) is 323 Å². The maximum atomic E-state index is 13.1. The van der Waals surface area contributed by atoms with Crippen molar-refractivity contribution in [2.45, 2.75) is 341 Å². The van der Waals surface area contributed by atoms with Gasteiger partial charge in [-0.05, 0) is 154 Å². The number of ether oxygens (including phenoxy) is 4. The molecule has 102 heavy (non-hydrogen) atoms. The first-order chi connectivity index (χ1) is 49.7. The molecule has 3 N–H and O–H groups in total. The number of aliphatic hydroxyl groups excluding tert-OH is 1. The van der Waals surface area contributed by atoms with E-state index in [1.165, 1.54) is 103 Å². The minimum absolute atomic E-state index is 0.00948. The number of aliphatic hydroxyl groups is 1. The number of phosphoric ester groups is 2. The Balaban J connectivity index is 5.46. The van der Waals surface area contributed by atoms with Gasteiger partial charge in [-0.1, -0.05) is 265 Å². The van der Waals surface area contributed by atoms with E-state index >= 15 is 0 Å². The van der Waals surface area contributed by atoms with Crippen molar-refractivity contribution in [1.29, 1.82) is 0 Å². The summed E-state index contributed by atoms with van der Waals surface area (Å²) in [6, 6.07) is 0. The van der Waals surface area contributed by atoms with Gasteiger partial charge in [-0.25, -0.2) is 9.13 Å². The first kappa shape index (κ1) is 97.5. The molecule has 0 saturated heterocycles. The molecule has 19 heteroatoms. The lowest BCUT2D eigenvalue weighted by atomic mass is 10.1. The number of carbonyl (C=O) groups is 4. The second kappa shape index (κ2) is 74.7. The molecule has 0 radical (unpaired) electrons. The van der Waals surface area contributed by atoms with Crippen LogP contribution in [-0.4, -0.2) is 96.7 Å². The topological polar surface area (TPSA) is 237 Å². The van der Waals surface area contributed by atoms with Crippen LogP contribution in [0.2, 0.25) is 0 Å². The van der Waals surface area contributed by atoms with Gasteiger partial charge in [-0.2, -0.15) is 0 Å². The molecule has 0 spiro atoms. The van der Waals surface area contributed by atoms with Crippen LogP contribution in [0.25, 0.3) is 0 Å². The summed E-state index contributed by atoms with van der Waals surface area (Å²) in [6.45, 7) is 4.66. The third kappa shape index (κ3) is 73.8. The molecule has 0 aliphatic rings. The van der Waals surface area contributed by atoms with Crippen molar-refractivity contribution >= 4 is 39.5 Å². The second-order valence-corrected chi connectivity index (χ2v) is 29.2. The number of allylic oxidation sites excluding steroid dienone is 20. The Kier molecular flexibility index (Phi) is 71.4. The van der Waals surface area contributed by atoms with Gasteiger partial charge in [0, 0.05) is 25.7 Å². The van der Waals surface area contributed by atoms with Crippen molar-refractivity contribution in [1.82, 2.24) is 0 Å². The van der Waals surface area contributed by atoms with Crippen LogP contribution in [0.3, 0.4) is 0 Å². The van der Waals surface area contributed by atoms with E-state index in [1.54, 1.807) is 0 Å². The zero-order valence-corrected chi connectivity index (χ0v) is 65.8. The Morgan fingerprint density at radius 3 is 0.824 bits per heavy atom. The molecule has 0 heterocycles. The first-order valence-corrected chi connectivity index (χ1v) is 42.8. The Morgan fingerprint density at radius 1 is 0.275 bits per heavy atom. The van der Waals surface area contributed by atoms with E-state index in [4.69, 9.17) is 37.0 Å². The molecule has 0 amide bonds. The summed E-state index contributed by atoms with van der Waals surface area (Å²) in [5, 5.41) is 10.6. The van der Waals surface area contributed by atoms with Crippen molar-refractivity contribution in [3.05, 3.63) is 122 Å². The van der Waals surface area contributed by atoms with Crippen LogP contribution in [0.15, 0.2) is 122 Å². The summed E-state index contributed by atoms with van der Waals surface area (Å²) < 4.78 is 68.4. The fraction of sp³-hybridized carbons (Fsp3) is 0.711. The van der Waals surface area contributed by atoms with Crippen molar-refractivity contribution in [2.24, 2.45) is 0 Å². The predicted molar refractivity (Wildman–Crippen MR) is 418 cm³/mol. The van der Waals surface area contributed by atoms with Gasteiger partial charge in [0.05, 0.1) is 26.4 Å². The highest BCUT2D eigenvalue weighted by molar-refractivity contribution is 7.47. The number of hydrogen-bond donors (Lipinski definition) is 3. The number of unbranched alkanes of at least 4 members (excludes halogenated alkanes) is 28. The van der Waals surface area contributed by atoms with Gasteiger partial charge in [0.25, 0.3) is 0 Å². The van der Waals surface area contributed by atoms with Crippen molar-refractivity contribution in [2.75, 3.05) is 39.6 Å². The maximum Gasteiger partial charge on any atom is 0.472 e. The Bertz CT molecular complexity index is 2410. The minimum atomic E-state index is -5.00. The summed E-state index contributed by atoms with van der Waals surface area (Å²) in [5.41, 5.74) is 0. The Hall–Kier alpha value is -4.54. The lowest BCUT2D eigenvalue weighted by molar-refractivity contribution is -0.161. The van der Waals surface area contributed by atoms with Crippen LogP contribution < -0.4 is 0 Å². The largest absolute Gasteiger partial charge is 0.472 e. The molecule has 3 unspecified atom stereocenters. The summed E-state index contributed by atoms with van der Waals surface area (Å²) in [7, 11) is -9.99. The number of carbonyl (C=O) groups excluding carboxylic acids is 4. The molecule has 0 aromatic heterocycles. The van der Waals surface area contributed by atoms with Gasteiger partial charge in [0.2, 0.25) is 0 Å². The number of esters is 4. The van der Waals surface area contributed by atoms with Gasteiger partial charge in [-0.15, -0.1) is 0 Å².